The Morgan fingerprint density at radius 3 is 2.86 bits per heavy atom. The second-order valence-corrected chi connectivity index (χ2v) is 8.00. The number of piperidine rings is 1. The minimum atomic E-state index is -0.373. The molecule has 0 N–H and O–H groups in total. The van der Waals surface area contributed by atoms with Gasteiger partial charge in [-0.25, -0.2) is 4.39 Å². The van der Waals surface area contributed by atoms with E-state index in [1.54, 1.807) is 30.0 Å². The summed E-state index contributed by atoms with van der Waals surface area (Å²) in [6.45, 7) is 1.40. The van der Waals surface area contributed by atoms with Crippen LogP contribution in [0.1, 0.15) is 29.1 Å². The van der Waals surface area contributed by atoms with Crippen LogP contribution in [-0.4, -0.2) is 40.3 Å². The molecule has 3 aromatic rings. The number of benzene rings is 2. The van der Waals surface area contributed by atoms with Crippen LogP contribution in [-0.2, 0) is 6.42 Å². The van der Waals surface area contributed by atoms with Crippen molar-refractivity contribution in [3.05, 3.63) is 65.8 Å². The Hall–Kier alpha value is -2.67. The van der Waals surface area contributed by atoms with Crippen LogP contribution in [0.2, 0.25) is 0 Å². The molecule has 1 fully saturated rings. The number of hydrogen-bond acceptors (Lipinski definition) is 5. The Kier molecular flexibility index (Phi) is 5.94. The van der Waals surface area contributed by atoms with Gasteiger partial charge in [0.1, 0.15) is 5.82 Å². The Labute approximate surface area is 173 Å². The first-order valence-electron chi connectivity index (χ1n) is 9.65. The molecule has 7 heteroatoms. The van der Waals surface area contributed by atoms with Gasteiger partial charge in [0.2, 0.25) is 11.7 Å². The van der Waals surface area contributed by atoms with Crippen molar-refractivity contribution in [1.82, 2.24) is 15.0 Å². The molecule has 150 valence electrons. The van der Waals surface area contributed by atoms with Crippen molar-refractivity contribution in [3.63, 3.8) is 0 Å². The number of aromatic nitrogens is 2. The number of halogens is 1. The molecule has 1 aliphatic heterocycles. The highest BCUT2D eigenvalue weighted by atomic mass is 32.2. The smallest absolute Gasteiger partial charge is 0.254 e. The third-order valence-electron chi connectivity index (χ3n) is 5.19. The van der Waals surface area contributed by atoms with Crippen molar-refractivity contribution in [2.45, 2.75) is 24.2 Å². The van der Waals surface area contributed by atoms with Crippen LogP contribution in [0.25, 0.3) is 11.4 Å². The quantitative estimate of drug-likeness (QED) is 0.570. The summed E-state index contributed by atoms with van der Waals surface area (Å²) in [5.74, 6) is 0.671. The fourth-order valence-corrected chi connectivity index (χ4v) is 4.33. The highest BCUT2D eigenvalue weighted by Crippen LogP contribution is 2.26. The SMILES string of the molecule is CSc1ccccc1C(=O)N1CCCC(Cc2nc(-c3ccccc3F)no2)C1. The minimum Gasteiger partial charge on any atom is -0.339 e. The molecule has 1 atom stereocenters. The molecule has 0 radical (unpaired) electrons. The van der Waals surface area contributed by atoms with Crippen molar-refractivity contribution in [2.24, 2.45) is 5.92 Å². The largest absolute Gasteiger partial charge is 0.339 e. The molecule has 5 nitrogen and oxygen atoms in total. The number of nitrogens with zero attached hydrogens (tertiary/aromatic N) is 3. The first-order valence-corrected chi connectivity index (χ1v) is 10.9. The van der Waals surface area contributed by atoms with E-state index >= 15 is 0 Å². The fraction of sp³-hybridized carbons (Fsp3) is 0.318. The summed E-state index contributed by atoms with van der Waals surface area (Å²) >= 11 is 1.58. The molecule has 4 rings (SSSR count). The molecule has 1 aliphatic rings. The Balaban J connectivity index is 1.44. The minimum absolute atomic E-state index is 0.0669. The van der Waals surface area contributed by atoms with E-state index in [2.05, 4.69) is 10.1 Å². The Bertz CT molecular complexity index is 1010. The molecule has 0 aliphatic carbocycles. The molecular weight excluding hydrogens is 389 g/mol. The van der Waals surface area contributed by atoms with Crippen LogP contribution in [0, 0.1) is 11.7 Å². The molecule has 0 spiro atoms. The van der Waals surface area contributed by atoms with Crippen molar-refractivity contribution in [3.8, 4) is 11.4 Å². The number of carbonyl (C=O) groups excluding carboxylic acids is 1. The molecule has 1 amide bonds. The average molecular weight is 412 g/mol. The molecule has 1 unspecified atom stereocenters. The summed E-state index contributed by atoms with van der Waals surface area (Å²) in [6, 6.07) is 14.1. The monoisotopic (exact) mass is 411 g/mol. The highest BCUT2D eigenvalue weighted by molar-refractivity contribution is 7.98. The van der Waals surface area contributed by atoms with E-state index in [-0.39, 0.29) is 23.5 Å². The van der Waals surface area contributed by atoms with E-state index < -0.39 is 0 Å². The van der Waals surface area contributed by atoms with E-state index in [0.717, 1.165) is 29.8 Å². The molecule has 1 aromatic heterocycles. The second kappa shape index (κ2) is 8.78. The molecule has 0 saturated carbocycles. The Morgan fingerprint density at radius 1 is 1.24 bits per heavy atom. The summed E-state index contributed by atoms with van der Waals surface area (Å²) in [5, 5.41) is 3.93. The van der Waals surface area contributed by atoms with Crippen LogP contribution < -0.4 is 0 Å². The zero-order chi connectivity index (χ0) is 20.2. The van der Waals surface area contributed by atoms with Gasteiger partial charge in [-0.1, -0.05) is 29.4 Å². The van der Waals surface area contributed by atoms with Crippen LogP contribution in [0.3, 0.4) is 0 Å². The van der Waals surface area contributed by atoms with Crippen molar-refractivity contribution in [1.29, 1.82) is 0 Å². The summed E-state index contributed by atoms with van der Waals surface area (Å²) in [5.41, 5.74) is 1.08. The third-order valence-corrected chi connectivity index (χ3v) is 5.99. The van der Waals surface area contributed by atoms with Gasteiger partial charge in [0.15, 0.2) is 0 Å². The van der Waals surface area contributed by atoms with E-state index in [1.165, 1.54) is 6.07 Å². The molecule has 2 aromatic carbocycles. The van der Waals surface area contributed by atoms with Gasteiger partial charge in [0.25, 0.3) is 5.91 Å². The number of thioether (sulfide) groups is 1. The van der Waals surface area contributed by atoms with E-state index in [4.69, 9.17) is 4.52 Å². The van der Waals surface area contributed by atoms with E-state index in [0.29, 0.717) is 24.4 Å². The summed E-state index contributed by atoms with van der Waals surface area (Å²) in [7, 11) is 0. The lowest BCUT2D eigenvalue weighted by molar-refractivity contribution is 0.0664. The maximum Gasteiger partial charge on any atom is 0.254 e. The third kappa shape index (κ3) is 4.34. The molecular formula is C22H22FN3O2S. The van der Waals surface area contributed by atoms with Gasteiger partial charge < -0.3 is 9.42 Å². The maximum atomic E-state index is 13.9. The number of hydrogen-bond donors (Lipinski definition) is 0. The van der Waals surface area contributed by atoms with Gasteiger partial charge in [-0.15, -0.1) is 11.8 Å². The molecule has 1 saturated heterocycles. The molecule has 0 bridgehead atoms. The first kappa shape index (κ1) is 19.6. The highest BCUT2D eigenvalue weighted by Gasteiger charge is 2.27. The predicted octanol–water partition coefficient (Wildman–Crippen LogP) is 4.69. The number of rotatable bonds is 5. The zero-order valence-electron chi connectivity index (χ0n) is 16.2. The lowest BCUT2D eigenvalue weighted by atomic mass is 9.94. The van der Waals surface area contributed by atoms with Crippen molar-refractivity contribution >= 4 is 17.7 Å². The van der Waals surface area contributed by atoms with Crippen LogP contribution in [0.15, 0.2) is 57.9 Å². The first-order chi connectivity index (χ1) is 14.2. The summed E-state index contributed by atoms with van der Waals surface area (Å²) in [6.07, 6.45) is 4.49. The van der Waals surface area contributed by atoms with Gasteiger partial charge >= 0.3 is 0 Å². The van der Waals surface area contributed by atoms with E-state index in [1.807, 2.05) is 35.4 Å². The normalized spacial score (nSPS) is 16.8. The second-order valence-electron chi connectivity index (χ2n) is 7.16. The lowest BCUT2D eigenvalue weighted by Gasteiger charge is -2.32. The van der Waals surface area contributed by atoms with Gasteiger partial charge in [-0.3, -0.25) is 4.79 Å². The maximum absolute atomic E-state index is 13.9. The van der Waals surface area contributed by atoms with Gasteiger partial charge in [0, 0.05) is 24.4 Å². The lowest BCUT2D eigenvalue weighted by Crippen LogP contribution is -2.40. The van der Waals surface area contributed by atoms with Gasteiger partial charge in [-0.05, 0) is 49.3 Å². The fourth-order valence-electron chi connectivity index (χ4n) is 3.74. The molecule has 29 heavy (non-hydrogen) atoms. The number of likely N-dealkylation sites (tertiary alicyclic amines) is 1. The van der Waals surface area contributed by atoms with Crippen LogP contribution in [0.4, 0.5) is 4.39 Å². The van der Waals surface area contributed by atoms with E-state index in [9.17, 15) is 9.18 Å². The Morgan fingerprint density at radius 2 is 2.03 bits per heavy atom. The topological polar surface area (TPSA) is 59.2 Å². The zero-order valence-corrected chi connectivity index (χ0v) is 17.0. The number of carbonyl (C=O) groups is 1. The predicted molar refractivity (Wildman–Crippen MR) is 110 cm³/mol. The van der Waals surface area contributed by atoms with Crippen molar-refractivity contribution < 1.29 is 13.7 Å². The average Bonchev–Trinajstić information content (AvgIpc) is 3.22. The van der Waals surface area contributed by atoms with Crippen molar-refractivity contribution in [2.75, 3.05) is 19.3 Å². The summed E-state index contributed by atoms with van der Waals surface area (Å²) < 4.78 is 19.3. The summed E-state index contributed by atoms with van der Waals surface area (Å²) in [4.78, 5) is 20.3. The van der Waals surface area contributed by atoms with Crippen LogP contribution in [0.5, 0.6) is 0 Å². The molecule has 2 heterocycles. The van der Waals surface area contributed by atoms with Gasteiger partial charge in [-0.2, -0.15) is 4.98 Å². The van der Waals surface area contributed by atoms with Gasteiger partial charge in [0.05, 0.1) is 11.1 Å². The standard InChI is InChI=1S/C22H22FN3O2S/c1-29-19-11-5-3-9-17(19)22(27)26-12-6-7-15(14-26)13-20-24-21(25-28-20)16-8-2-4-10-18(16)23/h2-5,8-11,15H,6-7,12-14H2,1H3. The number of amides is 1. The van der Waals surface area contributed by atoms with Crippen LogP contribution >= 0.6 is 11.8 Å².